The third kappa shape index (κ3) is 91.0. The summed E-state index contributed by atoms with van der Waals surface area (Å²) in [6.07, 6.45) is 1.53. The van der Waals surface area contributed by atoms with E-state index >= 15 is 0 Å². The van der Waals surface area contributed by atoms with Crippen molar-refractivity contribution in [2.75, 3.05) is 167 Å². The van der Waals surface area contributed by atoms with Gasteiger partial charge in [-0.25, -0.2) is 0 Å². The van der Waals surface area contributed by atoms with Crippen LogP contribution >= 0.6 is 0 Å². The molecule has 36 heteroatoms. The third-order valence-electron chi connectivity index (χ3n) is 12.0. The van der Waals surface area contributed by atoms with Crippen molar-refractivity contribution in [1.82, 2.24) is 5.32 Å². The normalized spacial score (nSPS) is 11.0. The van der Waals surface area contributed by atoms with Crippen molar-refractivity contribution in [1.29, 1.82) is 0 Å². The van der Waals surface area contributed by atoms with Crippen LogP contribution in [0, 0.1) is 0 Å². The molecule has 1 fully saturated rings. The van der Waals surface area contributed by atoms with Gasteiger partial charge in [0.05, 0.1) is 6.61 Å². The zero-order chi connectivity index (χ0) is 87.3. The summed E-state index contributed by atoms with van der Waals surface area (Å²) in [6, 6.07) is 24.0. The number of nitrogens with one attached hydrogen (secondary N) is 1. The summed E-state index contributed by atoms with van der Waals surface area (Å²) >= 11 is 0. The van der Waals surface area contributed by atoms with Gasteiger partial charge in [-0.2, -0.15) is 0 Å². The van der Waals surface area contributed by atoms with Crippen LogP contribution in [-0.4, -0.2) is 256 Å². The lowest BCUT2D eigenvalue weighted by molar-refractivity contribution is 0.106. The van der Waals surface area contributed by atoms with Gasteiger partial charge in [-0.3, -0.25) is 17.8 Å². The molecule has 1 saturated heterocycles. The molecule has 1 aliphatic heterocycles. The highest BCUT2D eigenvalue weighted by Crippen LogP contribution is 2.17. The highest BCUT2D eigenvalue weighted by Gasteiger charge is 2.39. The van der Waals surface area contributed by atoms with Crippen molar-refractivity contribution in [3.05, 3.63) is 60.7 Å². The Morgan fingerprint density at radius 2 is 0.594 bits per heavy atom. The molecule has 0 aliphatic carbocycles. The first-order valence-electron chi connectivity index (χ1n) is 37.1. The molecule has 4 N–H and O–H groups in total. The zero-order valence-electron chi connectivity index (χ0n) is 75.6. The number of epoxide rings is 1. The van der Waals surface area contributed by atoms with Crippen LogP contribution in [0.15, 0.2) is 60.7 Å². The summed E-state index contributed by atoms with van der Waals surface area (Å²) in [6.45, 7) is 51.6. The molecule has 1 aliphatic rings. The number of para-hydroxylation sites is 2. The van der Waals surface area contributed by atoms with Gasteiger partial charge in [-0.15, -0.1) is 0 Å². The van der Waals surface area contributed by atoms with E-state index in [1.54, 1.807) is 128 Å². The average molecular weight is 1680 g/mol. The van der Waals surface area contributed by atoms with Crippen LogP contribution in [0.3, 0.4) is 0 Å². The van der Waals surface area contributed by atoms with Crippen LogP contribution in [0.2, 0.25) is 36.3 Å². The van der Waals surface area contributed by atoms with Gasteiger partial charge < -0.3 is 110 Å². The first kappa shape index (κ1) is 143. The van der Waals surface area contributed by atoms with Gasteiger partial charge in [-0.1, -0.05) is 203 Å². The Balaban J connectivity index is -0.0000000616. The monoisotopic (exact) mass is 1680 g/mol. The van der Waals surface area contributed by atoms with Crippen molar-refractivity contribution in [3.63, 3.8) is 0 Å². The Labute approximate surface area is 662 Å². The van der Waals surface area contributed by atoms with Gasteiger partial charge >= 0.3 is 71.4 Å². The number of hydrogen-bond acceptors (Lipinski definition) is 28. The molecule has 0 amide bonds. The smallest absolute Gasteiger partial charge is 0.491 e. The van der Waals surface area contributed by atoms with Gasteiger partial charge in [0.25, 0.3) is 0 Å². The van der Waals surface area contributed by atoms with Gasteiger partial charge in [0.15, 0.2) is 0 Å². The lowest BCUT2D eigenvalue weighted by Crippen LogP contribution is -2.43. The van der Waals surface area contributed by atoms with E-state index in [4.69, 9.17) is 117 Å². The van der Waals surface area contributed by atoms with E-state index in [1.165, 1.54) is 0 Å². The molecule has 28 nitrogen and oxygen atoms in total. The number of ether oxygens (including phenoxy) is 3. The molecule has 1 heterocycles. The Kier molecular flexibility index (Phi) is 163. The van der Waals surface area contributed by atoms with Crippen LogP contribution < -0.4 is 20.5 Å². The van der Waals surface area contributed by atoms with Crippen molar-refractivity contribution < 1.29 is 117 Å². The zero-order valence-corrected chi connectivity index (χ0v) is 83.6. The van der Waals surface area contributed by atoms with Gasteiger partial charge in [0, 0.05) is 171 Å². The van der Waals surface area contributed by atoms with Gasteiger partial charge in [-0.05, 0) is 50.2 Å². The van der Waals surface area contributed by atoms with Crippen LogP contribution in [0.1, 0.15) is 179 Å². The predicted octanol–water partition coefficient (Wildman–Crippen LogP) is 15.5. The van der Waals surface area contributed by atoms with Crippen molar-refractivity contribution in [3.8, 4) is 11.5 Å². The summed E-state index contributed by atoms with van der Waals surface area (Å²) in [5, 5.41) is 13.0. The first-order chi connectivity index (χ1) is 51.1. The number of aliphatic hydroxyl groups excluding tert-OH is 1. The Morgan fingerprint density at radius 3 is 0.774 bits per heavy atom. The fourth-order valence-corrected chi connectivity index (χ4v) is 15.4. The van der Waals surface area contributed by atoms with E-state index in [0.29, 0.717) is 25.8 Å². The highest BCUT2D eigenvalue weighted by atomic mass is 28.4. The Morgan fingerprint density at radius 1 is 0.387 bits per heavy atom. The minimum atomic E-state index is -2.48. The van der Waals surface area contributed by atoms with Crippen LogP contribution in [0.4, 0.5) is 0 Å². The minimum Gasteiger partial charge on any atom is -0.491 e. The lowest BCUT2D eigenvalue weighted by Gasteiger charge is -2.24. The average Bonchev–Trinajstić information content (AvgIpc) is 1.55. The molecule has 2 aromatic rings. The molecule has 2 aromatic carbocycles. The molecule has 0 bridgehead atoms. The Bertz CT molecular complexity index is 1620. The SMILES string of the molecule is CC.CC.CC.CC.CC.CC.CC.CC.CC.CC.CC[Si](OC)(OC)OC.CC[Si](OC)(OC)OC.CC[Si](OC)(OC)OC.CC[Si](OC)(OC)OC.CO[Si](CCCN)(OC)OC.CO[Si](CCCNCC(O)COc1ccccc1)(OC)OC.O=[Si]=O.O=[Si]=O.c1ccc(OCC2CO2)cc1. The number of hydrogen-bond donors (Lipinski definition) is 3. The summed E-state index contributed by atoms with van der Waals surface area (Å²) in [7, 11) is 12.6. The fraction of sp³-hybridized carbons (Fsp3) is 0.829. The summed E-state index contributed by atoms with van der Waals surface area (Å²) < 4.78 is 142. The molecule has 2 atom stereocenters. The summed E-state index contributed by atoms with van der Waals surface area (Å²) in [4.78, 5) is 0. The standard InChI is InChI=1S/C15H27NO5Si.C9H10O2.C6H17NO3Si.4C5H14O3Si.10C2H6.2O2Si/c1-18-22(19-2,20-3)11-7-10-16-12-14(17)13-21-15-8-5-4-6-9-15;1-2-4-8(5-3-1)10-6-9-7-11-9;1-8-11(9-2,10-3)6-4-5-7;4*1-5-9(6-2,7-3)8-4;10*1-2;2*1-3-2/h4-6,8-9,14,16-17H,7,10-13H2,1-3H3;1-5,9H,6-7H2;4-7H2,1-3H3;4*5H2,1-4H3;10*1-2H3;;. The molecule has 648 valence electrons. The molecule has 106 heavy (non-hydrogen) atoms. The molecule has 0 saturated carbocycles. The number of rotatable bonds is 37. The maximum absolute atomic E-state index is 9.86. The van der Waals surface area contributed by atoms with E-state index in [0.717, 1.165) is 73.8 Å². The number of benzene rings is 2. The van der Waals surface area contributed by atoms with Crippen molar-refractivity contribution in [2.45, 2.75) is 227 Å². The predicted molar refractivity (Wildman–Crippen MR) is 451 cm³/mol. The third-order valence-corrected chi connectivity index (χ3v) is 28.6. The topological polar surface area (TPSA) is 324 Å². The fourth-order valence-electron chi connectivity index (χ4n) is 6.50. The Hall–Kier alpha value is -1.90. The van der Waals surface area contributed by atoms with Crippen molar-refractivity contribution >= 4 is 71.4 Å². The second-order valence-corrected chi connectivity index (χ2v) is 36.1. The molecule has 0 aromatic heterocycles. The largest absolute Gasteiger partial charge is 0.549 e. The van der Waals surface area contributed by atoms with Crippen LogP contribution in [-0.2, 0) is 102 Å². The van der Waals surface area contributed by atoms with Crippen LogP contribution in [0.5, 0.6) is 11.5 Å². The van der Waals surface area contributed by atoms with E-state index < -0.39 is 77.5 Å². The lowest BCUT2D eigenvalue weighted by atomic mass is 10.3. The number of aliphatic hydroxyl groups is 1. The molecular formula is C70H170N2O26Si8. The van der Waals surface area contributed by atoms with Crippen LogP contribution in [0.25, 0.3) is 0 Å². The van der Waals surface area contributed by atoms with Gasteiger partial charge in [0.1, 0.15) is 36.9 Å². The second-order valence-electron chi connectivity index (χ2n) is 16.4. The number of nitrogens with two attached hydrogens (primary N) is 1. The van der Waals surface area contributed by atoms with E-state index in [9.17, 15) is 5.11 Å². The van der Waals surface area contributed by atoms with E-state index in [-0.39, 0.29) is 6.61 Å². The maximum Gasteiger partial charge on any atom is 0.549 e. The second kappa shape index (κ2) is 121. The summed E-state index contributed by atoms with van der Waals surface area (Å²) in [5.41, 5.74) is 5.36. The summed E-state index contributed by atoms with van der Waals surface area (Å²) in [5.74, 6) is 1.68. The maximum atomic E-state index is 9.86. The molecular weight excluding hydrogens is 1510 g/mol. The molecule has 0 spiro atoms. The minimum absolute atomic E-state index is 0.268. The molecule has 3 rings (SSSR count). The van der Waals surface area contributed by atoms with E-state index in [2.05, 4.69) is 5.32 Å². The quantitative estimate of drug-likeness (QED) is 0.0321. The highest BCUT2D eigenvalue weighted by molar-refractivity contribution is 6.62. The molecule has 0 radical (unpaired) electrons. The van der Waals surface area contributed by atoms with Gasteiger partial charge in [0.2, 0.25) is 0 Å². The first-order valence-corrected chi connectivity index (χ1v) is 50.4. The van der Waals surface area contributed by atoms with E-state index in [1.807, 2.05) is 227 Å². The van der Waals surface area contributed by atoms with Crippen molar-refractivity contribution in [2.24, 2.45) is 5.73 Å². The molecule has 2 unspecified atom stereocenters.